The second-order valence-corrected chi connectivity index (χ2v) is 4.85. The summed E-state index contributed by atoms with van der Waals surface area (Å²) in [6.45, 7) is 2.93. The van der Waals surface area contributed by atoms with E-state index in [1.165, 1.54) is 13.8 Å². The van der Waals surface area contributed by atoms with E-state index in [2.05, 4.69) is 10.6 Å². The van der Waals surface area contributed by atoms with Gasteiger partial charge in [0.15, 0.2) is 11.6 Å². The van der Waals surface area contributed by atoms with Crippen molar-refractivity contribution in [2.24, 2.45) is 0 Å². The summed E-state index contributed by atoms with van der Waals surface area (Å²) < 4.78 is 0. The zero-order valence-electron chi connectivity index (χ0n) is 12.3. The van der Waals surface area contributed by atoms with Gasteiger partial charge in [0.1, 0.15) is 0 Å². The molecule has 0 aliphatic carbocycles. The lowest BCUT2D eigenvalue weighted by molar-refractivity contribution is 0.100. The predicted octanol–water partition coefficient (Wildman–Crippen LogP) is 3.74. The third-order valence-corrected chi connectivity index (χ3v) is 3.05. The number of nitrogens with one attached hydrogen (secondary N) is 2. The minimum Gasteiger partial charge on any atom is -0.308 e. The Labute approximate surface area is 128 Å². The highest BCUT2D eigenvalue weighted by molar-refractivity contribution is 6.02. The van der Waals surface area contributed by atoms with Crippen LogP contribution in [0.1, 0.15) is 34.6 Å². The molecule has 0 aliphatic heterocycles. The van der Waals surface area contributed by atoms with Crippen molar-refractivity contribution in [1.29, 1.82) is 0 Å². The molecule has 2 aromatic carbocycles. The number of urea groups is 1. The monoisotopic (exact) mass is 296 g/mol. The highest BCUT2D eigenvalue weighted by Gasteiger charge is 2.06. The molecule has 0 spiro atoms. The molecule has 0 saturated heterocycles. The molecule has 2 N–H and O–H groups in total. The van der Waals surface area contributed by atoms with Crippen LogP contribution in [0.3, 0.4) is 0 Å². The highest BCUT2D eigenvalue weighted by atomic mass is 16.2. The van der Waals surface area contributed by atoms with Crippen molar-refractivity contribution in [1.82, 2.24) is 0 Å². The fraction of sp³-hybridized carbons (Fsp3) is 0.118. The lowest BCUT2D eigenvalue weighted by Gasteiger charge is -2.09. The first-order valence-electron chi connectivity index (χ1n) is 6.76. The Balaban J connectivity index is 2.07. The first-order valence-corrected chi connectivity index (χ1v) is 6.76. The van der Waals surface area contributed by atoms with E-state index in [0.29, 0.717) is 22.5 Å². The number of Topliss-reactive ketones (excluding diaryl/α,β-unsaturated/α-hetero) is 2. The first-order chi connectivity index (χ1) is 10.5. The predicted molar refractivity (Wildman–Crippen MR) is 85.5 cm³/mol. The smallest absolute Gasteiger partial charge is 0.308 e. The molecule has 5 heteroatoms. The number of amides is 2. The molecule has 5 nitrogen and oxygen atoms in total. The van der Waals surface area contributed by atoms with Crippen molar-refractivity contribution in [3.8, 4) is 0 Å². The number of ketones is 2. The van der Waals surface area contributed by atoms with E-state index in [1.54, 1.807) is 48.5 Å². The van der Waals surface area contributed by atoms with Gasteiger partial charge in [-0.15, -0.1) is 0 Å². The molecule has 2 rings (SSSR count). The Hall–Kier alpha value is -2.95. The van der Waals surface area contributed by atoms with Gasteiger partial charge in [0, 0.05) is 22.5 Å². The molecular weight excluding hydrogens is 280 g/mol. The number of hydrogen-bond acceptors (Lipinski definition) is 3. The SMILES string of the molecule is CC(=O)c1cccc(NC(=O)Nc2cccc(C(C)=O)c2)c1. The van der Waals surface area contributed by atoms with Gasteiger partial charge in [-0.05, 0) is 38.1 Å². The summed E-state index contributed by atoms with van der Waals surface area (Å²) in [5, 5.41) is 5.29. The van der Waals surface area contributed by atoms with Gasteiger partial charge < -0.3 is 10.6 Å². The van der Waals surface area contributed by atoms with Crippen molar-refractivity contribution in [2.75, 3.05) is 10.6 Å². The van der Waals surface area contributed by atoms with Gasteiger partial charge in [-0.1, -0.05) is 24.3 Å². The largest absolute Gasteiger partial charge is 0.323 e. The van der Waals surface area contributed by atoms with Gasteiger partial charge in [0.2, 0.25) is 0 Å². The van der Waals surface area contributed by atoms with E-state index in [4.69, 9.17) is 0 Å². The lowest BCUT2D eigenvalue weighted by atomic mass is 10.1. The minimum atomic E-state index is -0.443. The lowest BCUT2D eigenvalue weighted by Crippen LogP contribution is -2.19. The number of carbonyl (C=O) groups is 3. The Morgan fingerprint density at radius 2 is 1.14 bits per heavy atom. The number of carbonyl (C=O) groups excluding carboxylic acids is 3. The maximum absolute atomic E-state index is 12.0. The van der Waals surface area contributed by atoms with Gasteiger partial charge in [0.05, 0.1) is 0 Å². The van der Waals surface area contributed by atoms with Crippen molar-refractivity contribution >= 4 is 29.0 Å². The summed E-state index contributed by atoms with van der Waals surface area (Å²) >= 11 is 0. The summed E-state index contributed by atoms with van der Waals surface area (Å²) in [5.41, 5.74) is 2.09. The first kappa shape index (κ1) is 15.4. The van der Waals surface area contributed by atoms with Crippen molar-refractivity contribution in [3.05, 3.63) is 59.7 Å². The standard InChI is InChI=1S/C17H16N2O3/c1-11(20)13-5-3-7-15(9-13)18-17(22)19-16-8-4-6-14(10-16)12(2)21/h3-10H,1-2H3,(H2,18,19,22). The van der Waals surface area contributed by atoms with E-state index < -0.39 is 6.03 Å². The number of rotatable bonds is 4. The van der Waals surface area contributed by atoms with E-state index in [-0.39, 0.29) is 11.6 Å². The number of anilines is 2. The summed E-state index contributed by atoms with van der Waals surface area (Å²) in [7, 11) is 0. The van der Waals surface area contributed by atoms with Gasteiger partial charge in [0.25, 0.3) is 0 Å². The quantitative estimate of drug-likeness (QED) is 0.844. The molecule has 0 fully saturated rings. The van der Waals surface area contributed by atoms with Crippen LogP contribution in [0.25, 0.3) is 0 Å². The highest BCUT2D eigenvalue weighted by Crippen LogP contribution is 2.14. The van der Waals surface area contributed by atoms with Gasteiger partial charge in [-0.3, -0.25) is 9.59 Å². The zero-order chi connectivity index (χ0) is 16.1. The molecule has 0 saturated carbocycles. The zero-order valence-corrected chi connectivity index (χ0v) is 12.3. The molecule has 22 heavy (non-hydrogen) atoms. The Morgan fingerprint density at radius 1 is 0.727 bits per heavy atom. The van der Waals surface area contributed by atoms with Crippen LogP contribution in [-0.4, -0.2) is 17.6 Å². The third-order valence-electron chi connectivity index (χ3n) is 3.05. The van der Waals surface area contributed by atoms with Gasteiger partial charge in [-0.25, -0.2) is 4.79 Å². The fourth-order valence-corrected chi connectivity index (χ4v) is 1.93. The van der Waals surface area contributed by atoms with Crippen LogP contribution in [0.15, 0.2) is 48.5 Å². The molecule has 0 heterocycles. The number of benzene rings is 2. The van der Waals surface area contributed by atoms with E-state index in [9.17, 15) is 14.4 Å². The molecule has 0 bridgehead atoms. The maximum atomic E-state index is 12.0. The number of hydrogen-bond donors (Lipinski definition) is 2. The molecular formula is C17H16N2O3. The summed E-state index contributed by atoms with van der Waals surface area (Å²) in [6, 6.07) is 12.9. The third kappa shape index (κ3) is 4.02. The topological polar surface area (TPSA) is 75.3 Å². The van der Waals surface area contributed by atoms with Crippen LogP contribution in [0.4, 0.5) is 16.2 Å². The summed E-state index contributed by atoms with van der Waals surface area (Å²) in [5.74, 6) is -0.142. The van der Waals surface area contributed by atoms with Crippen molar-refractivity contribution in [2.45, 2.75) is 13.8 Å². The van der Waals surface area contributed by atoms with Crippen molar-refractivity contribution in [3.63, 3.8) is 0 Å². The molecule has 0 aromatic heterocycles. The normalized spacial score (nSPS) is 9.91. The second-order valence-electron chi connectivity index (χ2n) is 4.85. The molecule has 0 radical (unpaired) electrons. The maximum Gasteiger partial charge on any atom is 0.323 e. The van der Waals surface area contributed by atoms with E-state index >= 15 is 0 Å². The molecule has 112 valence electrons. The van der Waals surface area contributed by atoms with E-state index in [1.807, 2.05) is 0 Å². The van der Waals surface area contributed by atoms with Gasteiger partial charge >= 0.3 is 6.03 Å². The van der Waals surface area contributed by atoms with Crippen LogP contribution >= 0.6 is 0 Å². The van der Waals surface area contributed by atoms with Crippen LogP contribution in [0, 0.1) is 0 Å². The van der Waals surface area contributed by atoms with Crippen LogP contribution in [0.5, 0.6) is 0 Å². The van der Waals surface area contributed by atoms with Crippen LogP contribution < -0.4 is 10.6 Å². The molecule has 0 unspecified atom stereocenters. The Kier molecular flexibility index (Phi) is 4.68. The van der Waals surface area contributed by atoms with E-state index in [0.717, 1.165) is 0 Å². The summed E-state index contributed by atoms with van der Waals surface area (Å²) in [6.07, 6.45) is 0. The minimum absolute atomic E-state index is 0.0711. The van der Waals surface area contributed by atoms with Gasteiger partial charge in [-0.2, -0.15) is 0 Å². The van der Waals surface area contributed by atoms with Crippen LogP contribution in [-0.2, 0) is 0 Å². The fourth-order valence-electron chi connectivity index (χ4n) is 1.93. The molecule has 2 aromatic rings. The van der Waals surface area contributed by atoms with Crippen LogP contribution in [0.2, 0.25) is 0 Å². The second kappa shape index (κ2) is 6.67. The molecule has 0 aliphatic rings. The average molecular weight is 296 g/mol. The van der Waals surface area contributed by atoms with Crippen molar-refractivity contribution < 1.29 is 14.4 Å². The molecule has 2 amide bonds. The molecule has 0 atom stereocenters. The Bertz CT molecular complexity index is 677. The Morgan fingerprint density at radius 3 is 1.50 bits per heavy atom. The average Bonchev–Trinajstić information content (AvgIpc) is 2.47. The summed E-state index contributed by atoms with van der Waals surface area (Å²) in [4.78, 5) is 34.6.